The molecule has 0 aromatic heterocycles. The molecule has 3 aromatic carbocycles. The highest BCUT2D eigenvalue weighted by Crippen LogP contribution is 2.52. The van der Waals surface area contributed by atoms with E-state index in [0.717, 1.165) is 33.8 Å². The summed E-state index contributed by atoms with van der Waals surface area (Å²) >= 11 is 0. The van der Waals surface area contributed by atoms with Gasteiger partial charge < -0.3 is 14.4 Å². The Kier molecular flexibility index (Phi) is 3.44. The Labute approximate surface area is 184 Å². The molecule has 0 radical (unpaired) electrons. The summed E-state index contributed by atoms with van der Waals surface area (Å²) in [5.41, 5.74) is 9.73. The quantitative estimate of drug-likeness (QED) is 0.656. The molecule has 8 nitrogen and oxygen atoms in total. The monoisotopic (exact) mass is 425 g/mol. The molecule has 3 aromatic rings. The van der Waals surface area contributed by atoms with Crippen molar-refractivity contribution >= 4 is 17.4 Å². The molecule has 1 spiro atoms. The molecule has 158 valence electrons. The van der Waals surface area contributed by atoms with Crippen LogP contribution in [0, 0.1) is 0 Å². The first-order valence-electron chi connectivity index (χ1n) is 10.5. The fourth-order valence-corrected chi connectivity index (χ4v) is 5.24. The van der Waals surface area contributed by atoms with Crippen LogP contribution in [0.1, 0.15) is 22.3 Å². The number of amidine groups is 1. The Morgan fingerprint density at radius 1 is 0.969 bits per heavy atom. The topological polar surface area (TPSA) is 78.4 Å². The molecule has 0 saturated heterocycles. The number of hydrazine groups is 2. The number of hydrazone groups is 1. The highest BCUT2D eigenvalue weighted by atomic mass is 16.7. The number of benzene rings is 3. The normalized spacial score (nSPS) is 21.9. The van der Waals surface area contributed by atoms with Gasteiger partial charge in [0.15, 0.2) is 17.3 Å². The van der Waals surface area contributed by atoms with E-state index in [2.05, 4.69) is 22.2 Å². The zero-order chi connectivity index (χ0) is 21.3. The minimum absolute atomic E-state index is 0.0374. The summed E-state index contributed by atoms with van der Waals surface area (Å²) in [5, 5.41) is 6.30. The highest BCUT2D eigenvalue weighted by Gasteiger charge is 2.57. The third kappa shape index (κ3) is 2.19. The van der Waals surface area contributed by atoms with Crippen LogP contribution in [0.15, 0.2) is 71.8 Å². The molecule has 1 atom stereocenters. The van der Waals surface area contributed by atoms with Crippen molar-refractivity contribution in [2.24, 2.45) is 5.10 Å². The first kappa shape index (κ1) is 17.6. The summed E-state index contributed by atoms with van der Waals surface area (Å²) in [6.07, 6.45) is 0. The van der Waals surface area contributed by atoms with Gasteiger partial charge in [0.1, 0.15) is 5.41 Å². The van der Waals surface area contributed by atoms with Gasteiger partial charge in [-0.15, -0.1) is 10.6 Å². The number of hydrogen-bond acceptors (Lipinski definition) is 7. The standard InChI is InChI=1S/C24H19N5O3/c30-23-24(17-8-4-5-9-19(17)28(23)12-15-6-2-1-3-7-15)13-29-22(25-26-27-29)16-10-20-21(11-18(16)24)32-14-31-20/h1-11,26-27H,12-14H2. The van der Waals surface area contributed by atoms with E-state index in [4.69, 9.17) is 9.47 Å². The van der Waals surface area contributed by atoms with E-state index in [9.17, 15) is 4.79 Å². The zero-order valence-electron chi connectivity index (χ0n) is 17.0. The highest BCUT2D eigenvalue weighted by molar-refractivity contribution is 6.15. The Morgan fingerprint density at radius 3 is 2.62 bits per heavy atom. The van der Waals surface area contributed by atoms with E-state index >= 15 is 0 Å². The lowest BCUT2D eigenvalue weighted by Crippen LogP contribution is -2.57. The molecular formula is C24H19N5O3. The van der Waals surface area contributed by atoms with Gasteiger partial charge in [0.05, 0.1) is 13.1 Å². The summed E-state index contributed by atoms with van der Waals surface area (Å²) < 4.78 is 11.3. The number of carbonyl (C=O) groups excluding carboxylic acids is 1. The van der Waals surface area contributed by atoms with Gasteiger partial charge in [0, 0.05) is 11.3 Å². The largest absolute Gasteiger partial charge is 0.454 e. The average molecular weight is 425 g/mol. The van der Waals surface area contributed by atoms with Crippen molar-refractivity contribution in [3.8, 4) is 11.5 Å². The van der Waals surface area contributed by atoms with Gasteiger partial charge >= 0.3 is 0 Å². The number of hydrogen-bond donors (Lipinski definition) is 2. The number of carbonyl (C=O) groups is 1. The molecule has 0 bridgehead atoms. The first-order valence-corrected chi connectivity index (χ1v) is 10.5. The average Bonchev–Trinajstić information content (AvgIpc) is 3.54. The van der Waals surface area contributed by atoms with Gasteiger partial charge in [-0.1, -0.05) is 48.5 Å². The second-order valence-electron chi connectivity index (χ2n) is 8.30. The molecule has 1 amide bonds. The zero-order valence-corrected chi connectivity index (χ0v) is 17.0. The van der Waals surface area contributed by atoms with Gasteiger partial charge in [0.25, 0.3) is 0 Å². The molecule has 4 aliphatic heterocycles. The molecule has 0 aliphatic carbocycles. The predicted molar refractivity (Wildman–Crippen MR) is 117 cm³/mol. The van der Waals surface area contributed by atoms with Gasteiger partial charge in [-0.25, -0.2) is 5.53 Å². The third-order valence-electron chi connectivity index (χ3n) is 6.66. The SMILES string of the molecule is O=C1N(Cc2ccccc2)c2ccccc2C12CN1NNN=C1c1cc3c(cc12)OCO3. The van der Waals surface area contributed by atoms with Crippen molar-refractivity contribution in [1.29, 1.82) is 0 Å². The van der Waals surface area contributed by atoms with E-state index in [1.807, 2.05) is 70.6 Å². The number of ether oxygens (including phenoxy) is 2. The Balaban J connectivity index is 1.46. The summed E-state index contributed by atoms with van der Waals surface area (Å²) in [7, 11) is 0. The lowest BCUT2D eigenvalue weighted by atomic mass is 9.71. The summed E-state index contributed by atoms with van der Waals surface area (Å²) in [6, 6.07) is 22.0. The summed E-state index contributed by atoms with van der Waals surface area (Å²) in [4.78, 5) is 16.2. The van der Waals surface area contributed by atoms with Crippen molar-refractivity contribution in [3.63, 3.8) is 0 Å². The molecule has 8 heteroatoms. The van der Waals surface area contributed by atoms with Crippen molar-refractivity contribution in [3.05, 3.63) is 89.0 Å². The third-order valence-corrected chi connectivity index (χ3v) is 6.66. The smallest absolute Gasteiger partial charge is 0.244 e. The molecule has 0 fully saturated rings. The van der Waals surface area contributed by atoms with E-state index in [1.165, 1.54) is 0 Å². The van der Waals surface area contributed by atoms with Crippen LogP contribution in [0.2, 0.25) is 0 Å². The fourth-order valence-electron chi connectivity index (χ4n) is 5.24. The molecule has 4 heterocycles. The van der Waals surface area contributed by atoms with Gasteiger partial charge in [-0.3, -0.25) is 9.80 Å². The van der Waals surface area contributed by atoms with Crippen molar-refractivity contribution in [2.75, 3.05) is 18.2 Å². The maximum absolute atomic E-state index is 14.3. The number of nitrogens with one attached hydrogen (secondary N) is 2. The van der Waals surface area contributed by atoms with Crippen LogP contribution in [0.25, 0.3) is 0 Å². The number of anilines is 1. The van der Waals surface area contributed by atoms with E-state index in [-0.39, 0.29) is 12.7 Å². The molecule has 0 saturated carbocycles. The van der Waals surface area contributed by atoms with Crippen LogP contribution in [0.5, 0.6) is 11.5 Å². The fraction of sp³-hybridized carbons (Fsp3) is 0.167. The summed E-state index contributed by atoms with van der Waals surface area (Å²) in [5.74, 6) is 2.09. The number of amides is 1. The Bertz CT molecular complexity index is 1310. The number of fused-ring (bicyclic) bond motifs is 7. The van der Waals surface area contributed by atoms with Crippen molar-refractivity contribution in [2.45, 2.75) is 12.0 Å². The second kappa shape index (κ2) is 6.24. The minimum Gasteiger partial charge on any atom is -0.454 e. The second-order valence-corrected chi connectivity index (χ2v) is 8.30. The van der Waals surface area contributed by atoms with E-state index in [1.54, 1.807) is 0 Å². The first-order chi connectivity index (χ1) is 15.8. The van der Waals surface area contributed by atoms with Gasteiger partial charge in [-0.05, 0) is 34.9 Å². The van der Waals surface area contributed by atoms with Crippen LogP contribution in [0.4, 0.5) is 5.69 Å². The molecule has 1 unspecified atom stereocenters. The molecule has 7 rings (SSSR count). The molecule has 4 aliphatic rings. The Hall–Kier alpha value is -4.04. The molecule has 32 heavy (non-hydrogen) atoms. The summed E-state index contributed by atoms with van der Waals surface area (Å²) in [6.45, 7) is 1.08. The van der Waals surface area contributed by atoms with Gasteiger partial charge in [0.2, 0.25) is 12.7 Å². The van der Waals surface area contributed by atoms with Crippen LogP contribution in [-0.4, -0.2) is 30.1 Å². The van der Waals surface area contributed by atoms with Crippen molar-refractivity contribution < 1.29 is 14.3 Å². The number of para-hydroxylation sites is 1. The van der Waals surface area contributed by atoms with Crippen LogP contribution >= 0.6 is 0 Å². The van der Waals surface area contributed by atoms with E-state index < -0.39 is 5.41 Å². The number of nitrogens with zero attached hydrogens (tertiary/aromatic N) is 3. The molecule has 2 N–H and O–H groups in total. The molecular weight excluding hydrogens is 406 g/mol. The Morgan fingerprint density at radius 2 is 1.75 bits per heavy atom. The van der Waals surface area contributed by atoms with E-state index in [0.29, 0.717) is 24.6 Å². The maximum Gasteiger partial charge on any atom is 0.244 e. The van der Waals surface area contributed by atoms with Crippen LogP contribution < -0.4 is 25.4 Å². The van der Waals surface area contributed by atoms with Crippen LogP contribution in [-0.2, 0) is 16.8 Å². The van der Waals surface area contributed by atoms with Crippen molar-refractivity contribution in [1.82, 2.24) is 16.1 Å². The lowest BCUT2D eigenvalue weighted by Gasteiger charge is -2.39. The minimum atomic E-state index is -0.903. The van der Waals surface area contributed by atoms with Crippen LogP contribution in [0.3, 0.4) is 0 Å². The number of rotatable bonds is 2. The lowest BCUT2D eigenvalue weighted by molar-refractivity contribution is -0.122. The van der Waals surface area contributed by atoms with Gasteiger partial charge in [-0.2, -0.15) is 0 Å². The maximum atomic E-state index is 14.3. The predicted octanol–water partition coefficient (Wildman–Crippen LogP) is 2.25.